The summed E-state index contributed by atoms with van der Waals surface area (Å²) < 4.78 is 0. The van der Waals surface area contributed by atoms with Crippen LogP contribution in [-0.2, 0) is 4.79 Å². The SMILES string of the molecule is CC(=N)SC(=N)c1ccc2cnc(NC(=O)[C@H]3CC[C@H](N(C)C)CC3)cc2c1. The minimum Gasteiger partial charge on any atom is -0.310 e. The Labute approximate surface area is 170 Å². The zero-order valence-electron chi connectivity index (χ0n) is 16.6. The second-order valence-electron chi connectivity index (χ2n) is 7.58. The molecule has 148 valence electrons. The first-order valence-electron chi connectivity index (χ1n) is 9.52. The number of thioether (sulfide) groups is 1. The monoisotopic (exact) mass is 397 g/mol. The molecule has 7 heteroatoms. The van der Waals surface area contributed by atoms with Crippen LogP contribution in [0.3, 0.4) is 0 Å². The van der Waals surface area contributed by atoms with Crippen LogP contribution in [0.15, 0.2) is 30.5 Å². The van der Waals surface area contributed by atoms with Gasteiger partial charge in [0.05, 0.1) is 5.04 Å². The molecule has 1 aliphatic rings. The topological polar surface area (TPSA) is 92.9 Å². The number of carbonyl (C=O) groups excluding carboxylic acids is 1. The maximum atomic E-state index is 12.7. The third kappa shape index (κ3) is 4.97. The van der Waals surface area contributed by atoms with Gasteiger partial charge in [0.15, 0.2) is 0 Å². The number of hydrogen-bond acceptors (Lipinski definition) is 6. The Balaban J connectivity index is 1.70. The van der Waals surface area contributed by atoms with Gasteiger partial charge < -0.3 is 10.2 Å². The Bertz CT molecular complexity index is 903. The first-order valence-corrected chi connectivity index (χ1v) is 10.3. The molecule has 2 aromatic rings. The van der Waals surface area contributed by atoms with Gasteiger partial charge in [-0.25, -0.2) is 4.98 Å². The summed E-state index contributed by atoms with van der Waals surface area (Å²) in [5.74, 6) is 0.634. The molecule has 6 nitrogen and oxygen atoms in total. The lowest BCUT2D eigenvalue weighted by Gasteiger charge is -2.31. The summed E-state index contributed by atoms with van der Waals surface area (Å²) in [4.78, 5) is 19.3. The highest BCUT2D eigenvalue weighted by Gasteiger charge is 2.27. The number of benzene rings is 1. The van der Waals surface area contributed by atoms with Crippen LogP contribution in [0.5, 0.6) is 0 Å². The minimum absolute atomic E-state index is 0.0418. The van der Waals surface area contributed by atoms with Crippen LogP contribution in [0.4, 0.5) is 5.82 Å². The largest absolute Gasteiger partial charge is 0.310 e. The van der Waals surface area contributed by atoms with E-state index in [1.54, 1.807) is 13.1 Å². The summed E-state index contributed by atoms with van der Waals surface area (Å²) in [5.41, 5.74) is 0.759. The van der Waals surface area contributed by atoms with Crippen molar-refractivity contribution in [3.8, 4) is 0 Å². The fourth-order valence-electron chi connectivity index (χ4n) is 3.65. The van der Waals surface area contributed by atoms with Crippen LogP contribution in [0.25, 0.3) is 10.8 Å². The van der Waals surface area contributed by atoms with Gasteiger partial charge in [-0.15, -0.1) is 0 Å². The number of nitrogens with zero attached hydrogens (tertiary/aromatic N) is 2. The zero-order valence-corrected chi connectivity index (χ0v) is 17.4. The summed E-state index contributed by atoms with van der Waals surface area (Å²) in [6, 6.07) is 8.12. The van der Waals surface area contributed by atoms with E-state index in [2.05, 4.69) is 29.3 Å². The molecular formula is C21H27N5OS. The number of anilines is 1. The predicted octanol–water partition coefficient (Wildman–Crippen LogP) is 4.35. The second-order valence-corrected chi connectivity index (χ2v) is 8.80. The standard InChI is InChI=1S/C21H27N5OS/c1-13(22)28-20(23)15-4-5-16-12-24-19(11-17(16)10-15)25-21(27)14-6-8-18(9-7-14)26(2)3/h4-5,10-12,14,18,22-23H,6-9H2,1-3H3,(H,24,25,27)/t14-,18-. The smallest absolute Gasteiger partial charge is 0.228 e. The van der Waals surface area contributed by atoms with Gasteiger partial charge in [-0.1, -0.05) is 23.9 Å². The van der Waals surface area contributed by atoms with Crippen molar-refractivity contribution in [2.24, 2.45) is 5.92 Å². The Morgan fingerprint density at radius 2 is 1.86 bits per heavy atom. The van der Waals surface area contributed by atoms with Crippen molar-refractivity contribution in [2.45, 2.75) is 38.6 Å². The maximum absolute atomic E-state index is 12.7. The van der Waals surface area contributed by atoms with Crippen LogP contribution in [-0.4, -0.2) is 46.0 Å². The number of pyridine rings is 1. The van der Waals surface area contributed by atoms with Crippen molar-refractivity contribution in [1.82, 2.24) is 9.88 Å². The second kappa shape index (κ2) is 8.84. The maximum Gasteiger partial charge on any atom is 0.228 e. The minimum atomic E-state index is 0.0418. The van der Waals surface area contributed by atoms with E-state index in [1.165, 1.54) is 0 Å². The molecule has 0 unspecified atom stereocenters. The third-order valence-electron chi connectivity index (χ3n) is 5.29. The number of amides is 1. The molecule has 3 N–H and O–H groups in total. The molecule has 1 heterocycles. The summed E-state index contributed by atoms with van der Waals surface area (Å²) in [6.07, 6.45) is 5.65. The van der Waals surface area contributed by atoms with Crippen LogP contribution >= 0.6 is 11.8 Å². The van der Waals surface area contributed by atoms with Crippen molar-refractivity contribution in [1.29, 1.82) is 10.8 Å². The number of nitrogens with one attached hydrogen (secondary N) is 3. The zero-order chi connectivity index (χ0) is 20.3. The van der Waals surface area contributed by atoms with E-state index < -0.39 is 0 Å². The van der Waals surface area contributed by atoms with Crippen molar-refractivity contribution >= 4 is 44.3 Å². The molecule has 0 radical (unpaired) electrons. The van der Waals surface area contributed by atoms with E-state index >= 15 is 0 Å². The summed E-state index contributed by atoms with van der Waals surface area (Å²) >= 11 is 1.13. The lowest BCUT2D eigenvalue weighted by Crippen LogP contribution is -2.35. The van der Waals surface area contributed by atoms with Crippen molar-refractivity contribution in [3.05, 3.63) is 36.0 Å². The summed E-state index contributed by atoms with van der Waals surface area (Å²) in [5, 5.41) is 21.2. The van der Waals surface area contributed by atoms with E-state index in [0.717, 1.165) is 53.8 Å². The van der Waals surface area contributed by atoms with Crippen molar-refractivity contribution in [3.63, 3.8) is 0 Å². The highest BCUT2D eigenvalue weighted by atomic mass is 32.2. The van der Waals surface area contributed by atoms with Crippen LogP contribution in [0, 0.1) is 16.7 Å². The molecule has 0 saturated heterocycles. The van der Waals surface area contributed by atoms with Gasteiger partial charge in [0, 0.05) is 29.1 Å². The van der Waals surface area contributed by atoms with Gasteiger partial charge in [0.1, 0.15) is 10.9 Å². The van der Waals surface area contributed by atoms with Gasteiger partial charge in [-0.3, -0.25) is 15.6 Å². The summed E-state index contributed by atoms with van der Waals surface area (Å²) in [7, 11) is 4.19. The van der Waals surface area contributed by atoms with Crippen LogP contribution < -0.4 is 5.32 Å². The molecule has 0 spiro atoms. The van der Waals surface area contributed by atoms with E-state index in [1.807, 2.05) is 24.3 Å². The Morgan fingerprint density at radius 3 is 2.50 bits per heavy atom. The number of hydrogen-bond donors (Lipinski definition) is 3. The molecule has 0 bridgehead atoms. The molecule has 1 aromatic carbocycles. The lowest BCUT2D eigenvalue weighted by molar-refractivity contribution is -0.121. The van der Waals surface area contributed by atoms with Gasteiger partial charge in [-0.05, 0) is 64.2 Å². The first-order chi connectivity index (χ1) is 13.3. The molecule has 1 saturated carbocycles. The Kier molecular flexibility index (Phi) is 6.46. The molecule has 1 amide bonds. The molecule has 1 aliphatic carbocycles. The van der Waals surface area contributed by atoms with Gasteiger partial charge in [-0.2, -0.15) is 0 Å². The van der Waals surface area contributed by atoms with Crippen molar-refractivity contribution < 1.29 is 4.79 Å². The van der Waals surface area contributed by atoms with E-state index in [-0.39, 0.29) is 11.8 Å². The quantitative estimate of drug-likeness (QED) is 0.528. The van der Waals surface area contributed by atoms with Crippen LogP contribution in [0.2, 0.25) is 0 Å². The molecule has 3 rings (SSSR count). The number of rotatable bonds is 4. The van der Waals surface area contributed by atoms with E-state index in [9.17, 15) is 4.79 Å². The van der Waals surface area contributed by atoms with Gasteiger partial charge in [0.2, 0.25) is 5.91 Å². The normalized spacial score (nSPS) is 19.6. The van der Waals surface area contributed by atoms with E-state index in [4.69, 9.17) is 10.8 Å². The molecular weight excluding hydrogens is 370 g/mol. The average molecular weight is 398 g/mol. The first kappa shape index (κ1) is 20.5. The average Bonchev–Trinajstić information content (AvgIpc) is 2.67. The fourth-order valence-corrected chi connectivity index (χ4v) is 4.20. The molecule has 1 aromatic heterocycles. The lowest BCUT2D eigenvalue weighted by atomic mass is 9.85. The van der Waals surface area contributed by atoms with Gasteiger partial charge in [0.25, 0.3) is 0 Å². The fraction of sp³-hybridized carbons (Fsp3) is 0.429. The molecule has 28 heavy (non-hydrogen) atoms. The third-order valence-corrected chi connectivity index (χ3v) is 6.03. The number of fused-ring (bicyclic) bond motifs is 1. The Hall–Kier alpha value is -2.25. The number of carbonyl (C=O) groups is 1. The highest BCUT2D eigenvalue weighted by Crippen LogP contribution is 2.28. The predicted molar refractivity (Wildman–Crippen MR) is 118 cm³/mol. The summed E-state index contributed by atoms with van der Waals surface area (Å²) in [6.45, 7) is 1.67. The molecule has 0 atom stereocenters. The number of aromatic nitrogens is 1. The molecule has 0 aliphatic heterocycles. The highest BCUT2D eigenvalue weighted by molar-refractivity contribution is 8.26. The molecule has 1 fully saturated rings. The van der Waals surface area contributed by atoms with E-state index in [0.29, 0.717) is 21.9 Å². The Morgan fingerprint density at radius 1 is 1.14 bits per heavy atom. The van der Waals surface area contributed by atoms with Crippen molar-refractivity contribution in [2.75, 3.05) is 19.4 Å². The van der Waals surface area contributed by atoms with Gasteiger partial charge >= 0.3 is 0 Å². The van der Waals surface area contributed by atoms with Crippen LogP contribution in [0.1, 0.15) is 38.2 Å².